The highest BCUT2D eigenvalue weighted by Gasteiger charge is 2.13. The molecule has 0 atom stereocenters. The third kappa shape index (κ3) is 2.67. The summed E-state index contributed by atoms with van der Waals surface area (Å²) in [5, 5.41) is 20.5. The number of aryl methyl sites for hydroxylation is 1. The molecule has 0 saturated heterocycles. The molecule has 0 saturated carbocycles. The van der Waals surface area contributed by atoms with E-state index < -0.39 is 0 Å². The van der Waals surface area contributed by atoms with Crippen molar-refractivity contribution in [1.29, 1.82) is 0 Å². The number of aromatic nitrogens is 2. The minimum Gasteiger partial charge on any atom is -0.380 e. The van der Waals surface area contributed by atoms with Gasteiger partial charge in [0.2, 0.25) is 0 Å². The number of nitrogens with one attached hydrogen (secondary N) is 2. The highest BCUT2D eigenvalue weighted by molar-refractivity contribution is 9.10. The first-order valence-corrected chi connectivity index (χ1v) is 6.03. The normalized spacial score (nSPS) is 10.3. The highest BCUT2D eigenvalue weighted by atomic mass is 79.9. The van der Waals surface area contributed by atoms with Crippen LogP contribution in [0.25, 0.3) is 0 Å². The maximum atomic E-state index is 10.8. The Morgan fingerprint density at radius 3 is 2.94 bits per heavy atom. The van der Waals surface area contributed by atoms with E-state index in [-0.39, 0.29) is 10.6 Å². The quantitative estimate of drug-likeness (QED) is 0.671. The van der Waals surface area contributed by atoms with Crippen LogP contribution in [0, 0.1) is 17.0 Å². The molecule has 0 spiro atoms. The first-order valence-electron chi connectivity index (χ1n) is 5.24. The van der Waals surface area contributed by atoms with Gasteiger partial charge < -0.3 is 5.32 Å². The molecule has 0 fully saturated rings. The number of aromatic amines is 1. The number of H-pyrrole nitrogens is 1. The Balaban J connectivity index is 2.19. The summed E-state index contributed by atoms with van der Waals surface area (Å²) >= 11 is 3.32. The van der Waals surface area contributed by atoms with E-state index in [0.717, 1.165) is 11.3 Å². The van der Waals surface area contributed by atoms with E-state index in [1.54, 1.807) is 25.4 Å². The number of anilines is 1. The highest BCUT2D eigenvalue weighted by Crippen LogP contribution is 2.30. The molecular formula is C11H11BrN4O2. The van der Waals surface area contributed by atoms with Gasteiger partial charge in [0.05, 0.1) is 11.1 Å². The van der Waals surface area contributed by atoms with Gasteiger partial charge in [-0.1, -0.05) is 0 Å². The summed E-state index contributed by atoms with van der Waals surface area (Å²) in [6, 6.07) is 3.26. The molecule has 0 aliphatic carbocycles. The van der Waals surface area contributed by atoms with Gasteiger partial charge in [0.15, 0.2) is 0 Å². The van der Waals surface area contributed by atoms with Crippen molar-refractivity contribution in [1.82, 2.24) is 10.2 Å². The Morgan fingerprint density at radius 2 is 2.33 bits per heavy atom. The fourth-order valence-corrected chi connectivity index (χ4v) is 2.05. The Bertz CT molecular complexity index is 569. The average Bonchev–Trinajstić information content (AvgIpc) is 2.82. The van der Waals surface area contributed by atoms with Crippen molar-refractivity contribution in [3.63, 3.8) is 0 Å². The third-order valence-corrected chi connectivity index (χ3v) is 3.18. The van der Waals surface area contributed by atoms with Crippen LogP contribution in [0.4, 0.5) is 11.4 Å². The van der Waals surface area contributed by atoms with E-state index >= 15 is 0 Å². The summed E-state index contributed by atoms with van der Waals surface area (Å²) in [6.07, 6.45) is 3.51. The van der Waals surface area contributed by atoms with Crippen molar-refractivity contribution >= 4 is 27.3 Å². The molecule has 0 aliphatic rings. The number of rotatable bonds is 4. The van der Waals surface area contributed by atoms with Crippen LogP contribution in [0.2, 0.25) is 0 Å². The number of benzene rings is 1. The molecule has 7 heteroatoms. The number of nitro groups is 1. The second-order valence-corrected chi connectivity index (χ2v) is 4.69. The molecule has 18 heavy (non-hydrogen) atoms. The summed E-state index contributed by atoms with van der Waals surface area (Å²) in [5.41, 5.74) is 2.56. The largest absolute Gasteiger partial charge is 0.380 e. The van der Waals surface area contributed by atoms with E-state index in [1.165, 1.54) is 6.07 Å². The van der Waals surface area contributed by atoms with Gasteiger partial charge in [0.1, 0.15) is 0 Å². The molecule has 0 radical (unpaired) electrons. The van der Waals surface area contributed by atoms with Crippen molar-refractivity contribution in [2.75, 3.05) is 5.32 Å². The summed E-state index contributed by atoms with van der Waals surface area (Å²) in [7, 11) is 0. The van der Waals surface area contributed by atoms with Gasteiger partial charge >= 0.3 is 0 Å². The lowest BCUT2D eigenvalue weighted by atomic mass is 10.2. The lowest BCUT2D eigenvalue weighted by Crippen LogP contribution is -2.01. The zero-order chi connectivity index (χ0) is 13.1. The fourth-order valence-electron chi connectivity index (χ4n) is 1.57. The molecule has 2 rings (SSSR count). The summed E-state index contributed by atoms with van der Waals surface area (Å²) < 4.78 is 0.670. The van der Waals surface area contributed by atoms with Crippen molar-refractivity contribution in [3.8, 4) is 0 Å². The van der Waals surface area contributed by atoms with Gasteiger partial charge in [0, 0.05) is 40.1 Å². The van der Waals surface area contributed by atoms with Crippen molar-refractivity contribution in [2.24, 2.45) is 0 Å². The van der Waals surface area contributed by atoms with Crippen LogP contribution in [0.5, 0.6) is 0 Å². The second-order valence-electron chi connectivity index (χ2n) is 3.84. The van der Waals surface area contributed by atoms with E-state index in [2.05, 4.69) is 31.4 Å². The van der Waals surface area contributed by atoms with Gasteiger partial charge in [-0.3, -0.25) is 15.2 Å². The summed E-state index contributed by atoms with van der Waals surface area (Å²) in [5.74, 6) is 0. The maximum absolute atomic E-state index is 10.8. The average molecular weight is 311 g/mol. The lowest BCUT2D eigenvalue weighted by molar-refractivity contribution is -0.385. The van der Waals surface area contributed by atoms with E-state index in [0.29, 0.717) is 16.6 Å². The number of nitrogens with zero attached hydrogens (tertiary/aromatic N) is 2. The molecule has 0 unspecified atom stereocenters. The minimum atomic E-state index is -0.389. The van der Waals surface area contributed by atoms with Crippen LogP contribution >= 0.6 is 15.9 Å². The first-order chi connectivity index (χ1) is 8.58. The number of halogens is 1. The Hall–Kier alpha value is -1.89. The smallest absolute Gasteiger partial charge is 0.273 e. The zero-order valence-electron chi connectivity index (χ0n) is 9.61. The predicted octanol–water partition coefficient (Wildman–Crippen LogP) is 3.00. The maximum Gasteiger partial charge on any atom is 0.273 e. The predicted molar refractivity (Wildman–Crippen MR) is 71.4 cm³/mol. The molecule has 0 bridgehead atoms. The van der Waals surface area contributed by atoms with Crippen LogP contribution in [0.1, 0.15) is 11.1 Å². The zero-order valence-corrected chi connectivity index (χ0v) is 11.2. The lowest BCUT2D eigenvalue weighted by Gasteiger charge is -2.08. The number of hydrogen-bond donors (Lipinski definition) is 2. The number of nitro benzene ring substituents is 1. The molecule has 0 aliphatic heterocycles. The van der Waals surface area contributed by atoms with Crippen LogP contribution < -0.4 is 5.32 Å². The molecular weight excluding hydrogens is 300 g/mol. The Kier molecular flexibility index (Phi) is 3.61. The second kappa shape index (κ2) is 5.18. The molecule has 6 nitrogen and oxygen atoms in total. The standard InChI is InChI=1S/C11H11BrN4O2/c1-7-2-10(9(12)3-11(7)16(17)18)13-4-8-5-14-15-6-8/h2-3,5-6,13H,4H2,1H3,(H,14,15). The van der Waals surface area contributed by atoms with E-state index in [4.69, 9.17) is 0 Å². The Morgan fingerprint density at radius 1 is 1.56 bits per heavy atom. The van der Waals surface area contributed by atoms with Crippen molar-refractivity contribution in [2.45, 2.75) is 13.5 Å². The number of hydrogen-bond acceptors (Lipinski definition) is 4. The van der Waals surface area contributed by atoms with E-state index in [1.807, 2.05) is 0 Å². The molecule has 1 aromatic heterocycles. The van der Waals surface area contributed by atoms with Gasteiger partial charge in [-0.15, -0.1) is 0 Å². The van der Waals surface area contributed by atoms with Gasteiger partial charge in [-0.05, 0) is 28.9 Å². The monoisotopic (exact) mass is 310 g/mol. The van der Waals surface area contributed by atoms with Gasteiger partial charge in [-0.25, -0.2) is 0 Å². The van der Waals surface area contributed by atoms with Crippen molar-refractivity contribution in [3.05, 3.63) is 50.2 Å². The molecule has 1 heterocycles. The van der Waals surface area contributed by atoms with Crippen LogP contribution in [-0.4, -0.2) is 15.1 Å². The molecule has 0 amide bonds. The Labute approximate surface area is 112 Å². The van der Waals surface area contributed by atoms with Crippen LogP contribution in [-0.2, 0) is 6.54 Å². The first kappa shape index (κ1) is 12.6. The fraction of sp³-hybridized carbons (Fsp3) is 0.182. The SMILES string of the molecule is Cc1cc(NCc2cn[nH]c2)c(Br)cc1[N+](=O)[O-]. The molecule has 1 aromatic carbocycles. The minimum absolute atomic E-state index is 0.107. The summed E-state index contributed by atoms with van der Waals surface area (Å²) in [6.45, 7) is 2.32. The molecule has 2 N–H and O–H groups in total. The van der Waals surface area contributed by atoms with Gasteiger partial charge in [-0.2, -0.15) is 5.10 Å². The molecule has 94 valence electrons. The van der Waals surface area contributed by atoms with Crippen molar-refractivity contribution < 1.29 is 4.92 Å². The van der Waals surface area contributed by atoms with Crippen LogP contribution in [0.15, 0.2) is 29.0 Å². The van der Waals surface area contributed by atoms with Gasteiger partial charge in [0.25, 0.3) is 5.69 Å². The summed E-state index contributed by atoms with van der Waals surface area (Å²) in [4.78, 5) is 10.4. The van der Waals surface area contributed by atoms with Crippen LogP contribution in [0.3, 0.4) is 0 Å². The third-order valence-electron chi connectivity index (χ3n) is 2.52. The topological polar surface area (TPSA) is 83.8 Å². The van der Waals surface area contributed by atoms with E-state index in [9.17, 15) is 10.1 Å². The molecule has 2 aromatic rings.